The first-order valence-electron chi connectivity index (χ1n) is 4.06. The first kappa shape index (κ1) is 14.2. The van der Waals surface area contributed by atoms with E-state index < -0.39 is 36.1 Å². The van der Waals surface area contributed by atoms with Crippen LogP contribution in [-0.2, 0) is 28.7 Å². The first-order chi connectivity index (χ1) is 7.25. The van der Waals surface area contributed by atoms with Crippen LogP contribution in [0.2, 0.25) is 0 Å². The van der Waals surface area contributed by atoms with Crippen LogP contribution in [0.5, 0.6) is 0 Å². The van der Waals surface area contributed by atoms with E-state index in [2.05, 4.69) is 9.47 Å². The van der Waals surface area contributed by atoms with E-state index in [-0.39, 0.29) is 0 Å². The molecule has 8 nitrogen and oxygen atoms in total. The second-order valence-electron chi connectivity index (χ2n) is 2.72. The second kappa shape index (κ2) is 5.93. The van der Waals surface area contributed by atoms with Gasteiger partial charge < -0.3 is 19.7 Å². The van der Waals surface area contributed by atoms with Crippen molar-refractivity contribution in [3.05, 3.63) is 0 Å². The quantitative estimate of drug-likeness (QED) is 0.419. The van der Waals surface area contributed by atoms with E-state index in [9.17, 15) is 19.2 Å². The zero-order chi connectivity index (χ0) is 12.9. The summed E-state index contributed by atoms with van der Waals surface area (Å²) in [6.45, 7) is 1.79. The van der Waals surface area contributed by atoms with Gasteiger partial charge in [0.05, 0.1) is 0 Å². The lowest BCUT2D eigenvalue weighted by Gasteiger charge is -2.13. The normalized spacial score (nSPS) is 13.5. The Morgan fingerprint density at radius 2 is 1.06 bits per heavy atom. The molecular formula is C8H10O8. The minimum absolute atomic E-state index is 0.894. The van der Waals surface area contributed by atoms with E-state index in [0.29, 0.717) is 0 Å². The Bertz CT molecular complexity index is 288. The summed E-state index contributed by atoms with van der Waals surface area (Å²) in [5.74, 6) is -5.06. The highest BCUT2D eigenvalue weighted by Gasteiger charge is 2.34. The third kappa shape index (κ3) is 4.62. The van der Waals surface area contributed by atoms with E-state index in [0.717, 1.165) is 13.8 Å². The molecule has 0 aromatic rings. The summed E-state index contributed by atoms with van der Waals surface area (Å²) >= 11 is 0. The van der Waals surface area contributed by atoms with Gasteiger partial charge in [-0.15, -0.1) is 0 Å². The van der Waals surface area contributed by atoms with Gasteiger partial charge in [-0.2, -0.15) is 0 Å². The molecule has 0 bridgehead atoms. The number of aliphatic hydroxyl groups is 2. The lowest BCUT2D eigenvalue weighted by atomic mass is 10.2. The van der Waals surface area contributed by atoms with Gasteiger partial charge in [-0.25, -0.2) is 9.59 Å². The minimum atomic E-state index is -2.30. The summed E-state index contributed by atoms with van der Waals surface area (Å²) in [5, 5.41) is 18.1. The Kier molecular flexibility index (Phi) is 5.26. The molecule has 0 heterocycles. The van der Waals surface area contributed by atoms with Crippen LogP contribution in [0.3, 0.4) is 0 Å². The van der Waals surface area contributed by atoms with Gasteiger partial charge in [-0.05, 0) is 0 Å². The number of aliphatic hydroxyl groups excluding tert-OH is 2. The third-order valence-electron chi connectivity index (χ3n) is 1.27. The number of hydrogen-bond donors (Lipinski definition) is 2. The van der Waals surface area contributed by atoms with Gasteiger partial charge in [0.15, 0.2) is 12.2 Å². The van der Waals surface area contributed by atoms with Gasteiger partial charge in [0.25, 0.3) is 0 Å². The molecule has 0 rings (SSSR count). The van der Waals surface area contributed by atoms with Gasteiger partial charge >= 0.3 is 23.9 Å². The predicted molar refractivity (Wildman–Crippen MR) is 45.6 cm³/mol. The number of ether oxygens (including phenoxy) is 2. The van der Waals surface area contributed by atoms with Crippen LogP contribution in [0.15, 0.2) is 0 Å². The van der Waals surface area contributed by atoms with Crippen LogP contribution in [-0.4, -0.2) is 46.3 Å². The van der Waals surface area contributed by atoms with Crippen molar-refractivity contribution in [1.82, 2.24) is 0 Å². The van der Waals surface area contributed by atoms with Gasteiger partial charge in [0, 0.05) is 13.8 Å². The van der Waals surface area contributed by atoms with Crippen LogP contribution in [0.4, 0.5) is 0 Å². The van der Waals surface area contributed by atoms with Crippen molar-refractivity contribution in [3.8, 4) is 0 Å². The fraction of sp³-hybridized carbons (Fsp3) is 0.500. The van der Waals surface area contributed by atoms with Gasteiger partial charge in [0.1, 0.15) is 0 Å². The molecule has 16 heavy (non-hydrogen) atoms. The molecule has 0 fully saturated rings. The summed E-state index contributed by atoms with van der Waals surface area (Å²) in [5.41, 5.74) is 0. The average molecular weight is 234 g/mol. The Balaban J connectivity index is 4.42. The van der Waals surface area contributed by atoms with Gasteiger partial charge in [-0.3, -0.25) is 9.59 Å². The molecule has 0 unspecified atom stereocenters. The summed E-state index contributed by atoms with van der Waals surface area (Å²) in [6, 6.07) is 0. The lowest BCUT2D eigenvalue weighted by Crippen LogP contribution is -2.42. The van der Waals surface area contributed by atoms with E-state index in [1.165, 1.54) is 0 Å². The largest absolute Gasteiger partial charge is 0.391 e. The van der Waals surface area contributed by atoms with E-state index in [4.69, 9.17) is 10.2 Å². The van der Waals surface area contributed by atoms with Crippen LogP contribution < -0.4 is 0 Å². The molecule has 0 aliphatic rings. The fourth-order valence-corrected chi connectivity index (χ4v) is 0.662. The van der Waals surface area contributed by atoms with Gasteiger partial charge in [-0.1, -0.05) is 0 Å². The topological polar surface area (TPSA) is 127 Å². The molecule has 0 aromatic heterocycles. The molecule has 0 aromatic carbocycles. The van der Waals surface area contributed by atoms with E-state index in [1.807, 2.05) is 0 Å². The molecule has 8 heteroatoms. The van der Waals surface area contributed by atoms with Crippen molar-refractivity contribution in [2.75, 3.05) is 0 Å². The molecule has 0 radical (unpaired) electrons. The van der Waals surface area contributed by atoms with Crippen molar-refractivity contribution in [1.29, 1.82) is 0 Å². The summed E-state index contributed by atoms with van der Waals surface area (Å²) < 4.78 is 7.82. The third-order valence-corrected chi connectivity index (χ3v) is 1.27. The van der Waals surface area contributed by atoms with Crippen LogP contribution >= 0.6 is 0 Å². The predicted octanol–water partition coefficient (Wildman–Crippen LogP) is -2.11. The minimum Gasteiger partial charge on any atom is -0.391 e. The molecule has 0 aliphatic heterocycles. The second-order valence-corrected chi connectivity index (χ2v) is 2.72. The molecule has 0 saturated heterocycles. The molecule has 90 valence electrons. The Labute approximate surface area is 89.8 Å². The van der Waals surface area contributed by atoms with Gasteiger partial charge in [0.2, 0.25) is 0 Å². The zero-order valence-corrected chi connectivity index (χ0v) is 8.50. The number of esters is 4. The first-order valence-corrected chi connectivity index (χ1v) is 4.06. The Hall–Kier alpha value is -1.80. The number of rotatable bonds is 3. The fourth-order valence-electron chi connectivity index (χ4n) is 0.662. The molecule has 0 aliphatic carbocycles. The van der Waals surface area contributed by atoms with Crippen molar-refractivity contribution >= 4 is 23.9 Å². The van der Waals surface area contributed by atoms with Crippen molar-refractivity contribution in [2.24, 2.45) is 0 Å². The molecule has 2 N–H and O–H groups in total. The Morgan fingerprint density at radius 3 is 1.25 bits per heavy atom. The van der Waals surface area contributed by atoms with Crippen molar-refractivity contribution in [2.45, 2.75) is 26.1 Å². The maximum atomic E-state index is 10.8. The van der Waals surface area contributed by atoms with Crippen LogP contribution in [0.1, 0.15) is 13.8 Å². The highest BCUT2D eigenvalue weighted by Crippen LogP contribution is 2.00. The smallest absolute Gasteiger partial charge is 0.345 e. The number of hydrogen-bond acceptors (Lipinski definition) is 8. The van der Waals surface area contributed by atoms with Crippen LogP contribution in [0, 0.1) is 0 Å². The highest BCUT2D eigenvalue weighted by molar-refractivity contribution is 5.93. The van der Waals surface area contributed by atoms with E-state index in [1.54, 1.807) is 0 Å². The maximum absolute atomic E-state index is 10.8. The SMILES string of the molecule is CC(=O)OC(=O)[C@@H](O)[C@H](O)C(=O)OC(C)=O. The van der Waals surface area contributed by atoms with Crippen LogP contribution in [0.25, 0.3) is 0 Å². The molecular weight excluding hydrogens is 224 g/mol. The van der Waals surface area contributed by atoms with Crippen molar-refractivity contribution < 1.29 is 38.9 Å². The standard InChI is InChI=1S/C8H10O8/c1-3(9)15-7(13)5(11)6(12)8(14)16-4(2)10/h5-6,11-12H,1-2H3/t5-,6-/m0/s1. The zero-order valence-electron chi connectivity index (χ0n) is 8.50. The highest BCUT2D eigenvalue weighted by atomic mass is 16.6. The summed E-state index contributed by atoms with van der Waals surface area (Å²) in [6.07, 6.45) is -4.59. The molecule has 0 spiro atoms. The average Bonchev–Trinajstić information content (AvgIpc) is 2.13. The van der Waals surface area contributed by atoms with E-state index >= 15 is 0 Å². The monoisotopic (exact) mass is 234 g/mol. The summed E-state index contributed by atoms with van der Waals surface area (Å²) in [4.78, 5) is 42.3. The molecule has 2 atom stereocenters. The maximum Gasteiger partial charge on any atom is 0.345 e. The number of carbonyl (C=O) groups is 4. The number of carbonyl (C=O) groups excluding carboxylic acids is 4. The summed E-state index contributed by atoms with van der Waals surface area (Å²) in [7, 11) is 0. The lowest BCUT2D eigenvalue weighted by molar-refractivity contribution is -0.179. The molecule has 0 saturated carbocycles. The Morgan fingerprint density at radius 1 is 0.812 bits per heavy atom. The van der Waals surface area contributed by atoms with Crippen molar-refractivity contribution in [3.63, 3.8) is 0 Å². The molecule has 0 amide bonds.